The van der Waals surface area contributed by atoms with E-state index >= 15 is 0 Å². The second-order valence-electron chi connectivity index (χ2n) is 4.90. The molecule has 0 bridgehead atoms. The SMILES string of the molecule is Cc1ccccc1NCC(=O)N(C)Cc1ccccc1. The molecule has 1 N–H and O–H groups in total. The van der Waals surface area contributed by atoms with Crippen molar-refractivity contribution in [2.24, 2.45) is 0 Å². The summed E-state index contributed by atoms with van der Waals surface area (Å²) in [5.41, 5.74) is 3.29. The zero-order valence-corrected chi connectivity index (χ0v) is 12.0. The molecule has 104 valence electrons. The van der Waals surface area contributed by atoms with Gasteiger partial charge in [-0.1, -0.05) is 48.5 Å². The number of para-hydroxylation sites is 1. The highest BCUT2D eigenvalue weighted by Crippen LogP contribution is 2.12. The quantitative estimate of drug-likeness (QED) is 0.904. The summed E-state index contributed by atoms with van der Waals surface area (Å²) in [5, 5.41) is 3.19. The number of hydrogen-bond acceptors (Lipinski definition) is 2. The van der Waals surface area contributed by atoms with Gasteiger partial charge in [-0.15, -0.1) is 0 Å². The molecule has 0 aliphatic rings. The molecule has 0 saturated carbocycles. The summed E-state index contributed by atoms with van der Waals surface area (Å²) in [6, 6.07) is 18.0. The van der Waals surface area contributed by atoms with Gasteiger partial charge in [0, 0.05) is 19.3 Å². The van der Waals surface area contributed by atoms with E-state index in [1.54, 1.807) is 4.90 Å². The number of anilines is 1. The lowest BCUT2D eigenvalue weighted by molar-refractivity contribution is -0.128. The Balaban J connectivity index is 1.87. The van der Waals surface area contributed by atoms with Crippen molar-refractivity contribution < 1.29 is 4.79 Å². The normalized spacial score (nSPS) is 10.1. The van der Waals surface area contributed by atoms with Crippen molar-refractivity contribution in [1.82, 2.24) is 4.90 Å². The van der Waals surface area contributed by atoms with Crippen LogP contribution < -0.4 is 5.32 Å². The minimum atomic E-state index is 0.0807. The molecule has 2 rings (SSSR count). The van der Waals surface area contributed by atoms with Gasteiger partial charge in [-0.25, -0.2) is 0 Å². The highest BCUT2D eigenvalue weighted by Gasteiger charge is 2.09. The molecule has 0 atom stereocenters. The van der Waals surface area contributed by atoms with Crippen molar-refractivity contribution in [3.8, 4) is 0 Å². The van der Waals surface area contributed by atoms with Crippen LogP contribution in [-0.2, 0) is 11.3 Å². The van der Waals surface area contributed by atoms with Crippen LogP contribution in [0.5, 0.6) is 0 Å². The van der Waals surface area contributed by atoms with Crippen molar-refractivity contribution in [3.05, 3.63) is 65.7 Å². The molecule has 2 aromatic rings. The molecule has 20 heavy (non-hydrogen) atoms. The average molecular weight is 268 g/mol. The molecule has 0 radical (unpaired) electrons. The minimum Gasteiger partial charge on any atom is -0.376 e. The van der Waals surface area contributed by atoms with Crippen molar-refractivity contribution in [2.75, 3.05) is 18.9 Å². The summed E-state index contributed by atoms with van der Waals surface area (Å²) >= 11 is 0. The standard InChI is InChI=1S/C17H20N2O/c1-14-8-6-7-11-16(14)18-12-17(20)19(2)13-15-9-4-3-5-10-15/h3-11,18H,12-13H2,1-2H3. The molecular weight excluding hydrogens is 248 g/mol. The number of benzene rings is 2. The van der Waals surface area contributed by atoms with Crippen molar-refractivity contribution in [1.29, 1.82) is 0 Å². The number of carbonyl (C=O) groups is 1. The first-order valence-corrected chi connectivity index (χ1v) is 6.74. The van der Waals surface area contributed by atoms with Gasteiger partial charge in [0.05, 0.1) is 6.54 Å². The van der Waals surface area contributed by atoms with E-state index in [1.165, 1.54) is 0 Å². The predicted molar refractivity (Wildman–Crippen MR) is 82.6 cm³/mol. The topological polar surface area (TPSA) is 32.3 Å². The number of nitrogens with zero attached hydrogens (tertiary/aromatic N) is 1. The number of carbonyl (C=O) groups excluding carboxylic acids is 1. The Bertz CT molecular complexity index is 566. The molecule has 0 saturated heterocycles. The van der Waals surface area contributed by atoms with Crippen LogP contribution in [0.1, 0.15) is 11.1 Å². The highest BCUT2D eigenvalue weighted by molar-refractivity contribution is 5.80. The van der Waals surface area contributed by atoms with Crippen LogP contribution >= 0.6 is 0 Å². The number of hydrogen-bond donors (Lipinski definition) is 1. The van der Waals surface area contributed by atoms with E-state index in [4.69, 9.17) is 0 Å². The summed E-state index contributed by atoms with van der Waals surface area (Å²) in [6.45, 7) is 2.98. The fourth-order valence-corrected chi connectivity index (χ4v) is 2.02. The summed E-state index contributed by atoms with van der Waals surface area (Å²) in [5.74, 6) is 0.0807. The van der Waals surface area contributed by atoms with E-state index in [1.807, 2.05) is 68.6 Å². The average Bonchev–Trinajstić information content (AvgIpc) is 2.47. The number of rotatable bonds is 5. The highest BCUT2D eigenvalue weighted by atomic mass is 16.2. The van der Waals surface area contributed by atoms with Crippen molar-refractivity contribution >= 4 is 11.6 Å². The van der Waals surface area contributed by atoms with Gasteiger partial charge in [-0.3, -0.25) is 4.79 Å². The number of amides is 1. The van der Waals surface area contributed by atoms with E-state index in [9.17, 15) is 4.79 Å². The van der Waals surface area contributed by atoms with Crippen LogP contribution in [0.15, 0.2) is 54.6 Å². The van der Waals surface area contributed by atoms with Gasteiger partial charge in [0.25, 0.3) is 0 Å². The van der Waals surface area contributed by atoms with Gasteiger partial charge in [-0.05, 0) is 24.1 Å². The Labute approximate surface area is 120 Å². The monoisotopic (exact) mass is 268 g/mol. The molecule has 0 spiro atoms. The van der Waals surface area contributed by atoms with Crippen LogP contribution in [0.2, 0.25) is 0 Å². The summed E-state index contributed by atoms with van der Waals surface area (Å²) in [7, 11) is 1.83. The first kappa shape index (κ1) is 14.1. The maximum atomic E-state index is 12.1. The Morgan fingerprint density at radius 3 is 2.40 bits per heavy atom. The second kappa shape index (κ2) is 6.75. The minimum absolute atomic E-state index is 0.0807. The Morgan fingerprint density at radius 1 is 1.05 bits per heavy atom. The summed E-state index contributed by atoms with van der Waals surface area (Å²) in [6.07, 6.45) is 0. The first-order valence-electron chi connectivity index (χ1n) is 6.74. The van der Waals surface area contributed by atoms with Crippen LogP contribution in [0.3, 0.4) is 0 Å². The molecule has 0 fully saturated rings. The van der Waals surface area contributed by atoms with E-state index in [2.05, 4.69) is 5.32 Å². The maximum absolute atomic E-state index is 12.1. The zero-order valence-electron chi connectivity index (χ0n) is 12.0. The number of nitrogens with one attached hydrogen (secondary N) is 1. The Kier molecular flexibility index (Phi) is 4.77. The lowest BCUT2D eigenvalue weighted by Gasteiger charge is -2.18. The molecule has 2 aromatic carbocycles. The van der Waals surface area contributed by atoms with E-state index in [-0.39, 0.29) is 5.91 Å². The smallest absolute Gasteiger partial charge is 0.241 e. The lowest BCUT2D eigenvalue weighted by atomic mass is 10.2. The molecule has 1 amide bonds. The van der Waals surface area contributed by atoms with Crippen molar-refractivity contribution in [2.45, 2.75) is 13.5 Å². The Morgan fingerprint density at radius 2 is 1.70 bits per heavy atom. The number of aryl methyl sites for hydroxylation is 1. The summed E-state index contributed by atoms with van der Waals surface area (Å²) in [4.78, 5) is 13.8. The molecule has 3 heteroatoms. The molecule has 0 aliphatic carbocycles. The zero-order chi connectivity index (χ0) is 14.4. The predicted octanol–water partition coefficient (Wildman–Crippen LogP) is 3.07. The van der Waals surface area contributed by atoms with Gasteiger partial charge in [-0.2, -0.15) is 0 Å². The van der Waals surface area contributed by atoms with Crippen LogP contribution in [0.4, 0.5) is 5.69 Å². The molecule has 0 aromatic heterocycles. The molecule has 0 heterocycles. The van der Waals surface area contributed by atoms with Gasteiger partial charge in [0.2, 0.25) is 5.91 Å². The Hall–Kier alpha value is -2.29. The molecular formula is C17H20N2O. The van der Waals surface area contributed by atoms with Gasteiger partial charge in [0.15, 0.2) is 0 Å². The fraction of sp³-hybridized carbons (Fsp3) is 0.235. The third-order valence-electron chi connectivity index (χ3n) is 3.26. The largest absolute Gasteiger partial charge is 0.376 e. The third kappa shape index (κ3) is 3.85. The van der Waals surface area contributed by atoms with E-state index < -0.39 is 0 Å². The molecule has 0 aliphatic heterocycles. The van der Waals surface area contributed by atoms with E-state index in [0.717, 1.165) is 16.8 Å². The van der Waals surface area contributed by atoms with Gasteiger partial charge in [0.1, 0.15) is 0 Å². The second-order valence-corrected chi connectivity index (χ2v) is 4.90. The maximum Gasteiger partial charge on any atom is 0.241 e. The molecule has 3 nitrogen and oxygen atoms in total. The first-order chi connectivity index (χ1) is 9.66. The van der Waals surface area contributed by atoms with Gasteiger partial charge < -0.3 is 10.2 Å². The van der Waals surface area contributed by atoms with Crippen LogP contribution in [0.25, 0.3) is 0 Å². The van der Waals surface area contributed by atoms with Crippen LogP contribution in [-0.4, -0.2) is 24.4 Å². The fourth-order valence-electron chi connectivity index (χ4n) is 2.02. The number of likely N-dealkylation sites (N-methyl/N-ethyl adjacent to an activating group) is 1. The molecule has 0 unspecified atom stereocenters. The van der Waals surface area contributed by atoms with Crippen molar-refractivity contribution in [3.63, 3.8) is 0 Å². The van der Waals surface area contributed by atoms with E-state index in [0.29, 0.717) is 13.1 Å². The third-order valence-corrected chi connectivity index (χ3v) is 3.26. The lowest BCUT2D eigenvalue weighted by Crippen LogP contribution is -2.31. The van der Waals surface area contributed by atoms with Crippen LogP contribution in [0, 0.1) is 6.92 Å². The summed E-state index contributed by atoms with van der Waals surface area (Å²) < 4.78 is 0. The van der Waals surface area contributed by atoms with Gasteiger partial charge >= 0.3 is 0 Å².